The Balaban J connectivity index is 1.85. The molecular weight excluding hydrogens is 389 g/mol. The Morgan fingerprint density at radius 2 is 1.87 bits per heavy atom. The molecule has 1 aromatic heterocycles. The van der Waals surface area contributed by atoms with Crippen LogP contribution < -0.4 is 5.32 Å². The summed E-state index contributed by atoms with van der Waals surface area (Å²) in [5.74, 6) is -1.26. The van der Waals surface area contributed by atoms with Crippen LogP contribution in [0.15, 0.2) is 30.3 Å². The fraction of sp³-hybridized carbons (Fsp3) is 0.409. The van der Waals surface area contributed by atoms with E-state index in [0.717, 1.165) is 16.3 Å². The van der Waals surface area contributed by atoms with Gasteiger partial charge in [-0.25, -0.2) is 9.18 Å². The number of ketones is 1. The predicted octanol–water partition coefficient (Wildman–Crippen LogP) is 2.93. The molecule has 2 aromatic rings. The van der Waals surface area contributed by atoms with E-state index in [2.05, 4.69) is 5.32 Å². The van der Waals surface area contributed by atoms with E-state index in [-0.39, 0.29) is 18.7 Å². The van der Waals surface area contributed by atoms with Crippen LogP contribution in [-0.4, -0.2) is 47.4 Å². The van der Waals surface area contributed by atoms with E-state index in [1.165, 1.54) is 24.3 Å². The van der Waals surface area contributed by atoms with Gasteiger partial charge in [-0.15, -0.1) is 0 Å². The first-order valence-corrected chi connectivity index (χ1v) is 9.84. The van der Waals surface area contributed by atoms with Crippen LogP contribution in [0.3, 0.4) is 0 Å². The zero-order chi connectivity index (χ0) is 22.1. The maximum absolute atomic E-state index is 13.3. The number of carbonyl (C=O) groups is 3. The number of amides is 3. The zero-order valence-electron chi connectivity index (χ0n) is 17.6. The van der Waals surface area contributed by atoms with Crippen molar-refractivity contribution in [3.05, 3.63) is 58.7 Å². The molecule has 0 bridgehead atoms. The first-order valence-electron chi connectivity index (χ1n) is 9.84. The molecule has 0 aliphatic carbocycles. The van der Waals surface area contributed by atoms with Gasteiger partial charge in [0, 0.05) is 30.6 Å². The molecule has 160 valence electrons. The molecule has 1 saturated heterocycles. The van der Waals surface area contributed by atoms with Gasteiger partial charge >= 0.3 is 6.03 Å². The van der Waals surface area contributed by atoms with Crippen molar-refractivity contribution in [2.75, 3.05) is 20.3 Å². The number of methoxy groups -OCH3 is 1. The summed E-state index contributed by atoms with van der Waals surface area (Å²) in [5.41, 5.74) is 1.32. The third kappa shape index (κ3) is 3.63. The number of hydrogen-bond donors (Lipinski definition) is 1. The van der Waals surface area contributed by atoms with E-state index in [1.807, 2.05) is 18.4 Å². The topological polar surface area (TPSA) is 80.6 Å². The quantitative estimate of drug-likeness (QED) is 0.531. The number of rotatable bonds is 8. The van der Waals surface area contributed by atoms with E-state index >= 15 is 0 Å². The monoisotopic (exact) mass is 415 g/mol. The molecule has 1 aliphatic rings. The van der Waals surface area contributed by atoms with Crippen LogP contribution in [-0.2, 0) is 21.6 Å². The van der Waals surface area contributed by atoms with Gasteiger partial charge in [0.1, 0.15) is 11.4 Å². The van der Waals surface area contributed by atoms with Gasteiger partial charge in [-0.1, -0.05) is 19.1 Å². The molecule has 2 heterocycles. The molecule has 1 fully saturated rings. The molecule has 1 atom stereocenters. The summed E-state index contributed by atoms with van der Waals surface area (Å²) >= 11 is 0. The van der Waals surface area contributed by atoms with Gasteiger partial charge in [0.2, 0.25) is 0 Å². The molecule has 1 N–H and O–H groups in total. The Labute approximate surface area is 174 Å². The van der Waals surface area contributed by atoms with Crippen LogP contribution in [0.2, 0.25) is 0 Å². The van der Waals surface area contributed by atoms with Gasteiger partial charge < -0.3 is 14.6 Å². The van der Waals surface area contributed by atoms with Crippen LogP contribution in [0.4, 0.5) is 9.18 Å². The fourth-order valence-corrected chi connectivity index (χ4v) is 3.98. The molecule has 0 unspecified atom stereocenters. The highest BCUT2D eigenvalue weighted by molar-refractivity contribution is 6.11. The summed E-state index contributed by atoms with van der Waals surface area (Å²) in [6, 6.07) is 6.58. The number of Topliss-reactive ketones (excluding diaryl/α,β-unsaturated/α-hetero) is 1. The number of carbonyl (C=O) groups excluding carboxylic acids is 3. The lowest BCUT2D eigenvalue weighted by molar-refractivity contribution is -0.131. The van der Waals surface area contributed by atoms with Crippen LogP contribution in [0.1, 0.15) is 40.7 Å². The number of nitrogens with one attached hydrogen (secondary N) is 1. The molecular formula is C22H26FN3O4. The summed E-state index contributed by atoms with van der Waals surface area (Å²) in [4.78, 5) is 39.7. The minimum absolute atomic E-state index is 0.277. The third-order valence-electron chi connectivity index (χ3n) is 5.74. The van der Waals surface area contributed by atoms with Crippen molar-refractivity contribution >= 4 is 17.7 Å². The predicted molar refractivity (Wildman–Crippen MR) is 109 cm³/mol. The second-order valence-corrected chi connectivity index (χ2v) is 7.44. The van der Waals surface area contributed by atoms with Gasteiger partial charge in [-0.2, -0.15) is 0 Å². The second kappa shape index (κ2) is 8.39. The molecule has 0 spiro atoms. The summed E-state index contributed by atoms with van der Waals surface area (Å²) in [5, 5.41) is 2.71. The number of ether oxygens (including phenoxy) is 1. The Bertz CT molecular complexity index is 983. The average Bonchev–Trinajstić information content (AvgIpc) is 3.14. The van der Waals surface area contributed by atoms with Gasteiger partial charge in [0.15, 0.2) is 5.78 Å². The van der Waals surface area contributed by atoms with E-state index < -0.39 is 23.3 Å². The van der Waals surface area contributed by atoms with Crippen molar-refractivity contribution in [3.8, 4) is 0 Å². The minimum atomic E-state index is -1.31. The van der Waals surface area contributed by atoms with Crippen molar-refractivity contribution in [2.45, 2.75) is 39.3 Å². The normalized spacial score (nSPS) is 18.8. The van der Waals surface area contributed by atoms with Gasteiger partial charge in [0.05, 0.1) is 13.2 Å². The highest BCUT2D eigenvalue weighted by Crippen LogP contribution is 2.32. The summed E-state index contributed by atoms with van der Waals surface area (Å²) in [6.45, 7) is 6.24. The SMILES string of the molecule is CC[C@]1(c2ccc(F)cc2)NC(=O)N(CC(=O)c2cc(C)n(CCOC)c2C)C1=O. The Kier molecular flexibility index (Phi) is 6.07. The van der Waals surface area contributed by atoms with Crippen molar-refractivity contribution in [2.24, 2.45) is 0 Å². The first-order chi connectivity index (χ1) is 14.2. The van der Waals surface area contributed by atoms with Crippen LogP contribution in [0, 0.1) is 19.7 Å². The smallest absolute Gasteiger partial charge is 0.325 e. The Hall–Kier alpha value is -3.00. The van der Waals surface area contributed by atoms with Gasteiger partial charge in [0.25, 0.3) is 5.91 Å². The van der Waals surface area contributed by atoms with E-state index in [9.17, 15) is 18.8 Å². The van der Waals surface area contributed by atoms with E-state index in [4.69, 9.17) is 4.74 Å². The number of aromatic nitrogens is 1. The number of aryl methyl sites for hydroxylation is 1. The maximum atomic E-state index is 13.3. The van der Waals surface area contributed by atoms with Crippen LogP contribution in [0.5, 0.6) is 0 Å². The number of urea groups is 1. The minimum Gasteiger partial charge on any atom is -0.383 e. The average molecular weight is 415 g/mol. The van der Waals surface area contributed by atoms with Crippen LogP contribution in [0.25, 0.3) is 0 Å². The highest BCUT2D eigenvalue weighted by Gasteiger charge is 2.51. The van der Waals surface area contributed by atoms with E-state index in [0.29, 0.717) is 24.3 Å². The molecule has 30 heavy (non-hydrogen) atoms. The Morgan fingerprint density at radius 1 is 1.20 bits per heavy atom. The number of benzene rings is 1. The van der Waals surface area contributed by atoms with Crippen molar-refractivity contribution < 1.29 is 23.5 Å². The molecule has 3 amide bonds. The lowest BCUT2D eigenvalue weighted by atomic mass is 9.87. The molecule has 0 saturated carbocycles. The van der Waals surface area contributed by atoms with Crippen molar-refractivity contribution in [1.82, 2.24) is 14.8 Å². The van der Waals surface area contributed by atoms with Gasteiger partial charge in [-0.3, -0.25) is 14.5 Å². The summed E-state index contributed by atoms with van der Waals surface area (Å²) in [7, 11) is 1.61. The Morgan fingerprint density at radius 3 is 2.47 bits per heavy atom. The summed E-state index contributed by atoms with van der Waals surface area (Å²) in [6.07, 6.45) is 0.277. The summed E-state index contributed by atoms with van der Waals surface area (Å²) < 4.78 is 20.4. The first kappa shape index (κ1) is 21.7. The molecule has 7 nitrogen and oxygen atoms in total. The fourth-order valence-electron chi connectivity index (χ4n) is 3.98. The molecule has 0 radical (unpaired) electrons. The molecule has 1 aromatic carbocycles. The number of hydrogen-bond acceptors (Lipinski definition) is 4. The lowest BCUT2D eigenvalue weighted by Gasteiger charge is -2.25. The number of imide groups is 1. The second-order valence-electron chi connectivity index (χ2n) is 7.44. The third-order valence-corrected chi connectivity index (χ3v) is 5.74. The standard InChI is InChI=1S/C22H26FN3O4/c1-5-22(16-6-8-17(23)9-7-16)20(28)26(21(29)24-22)13-19(27)18-12-14(2)25(15(18)3)10-11-30-4/h6-9,12H,5,10-11,13H2,1-4H3,(H,24,29)/t22-/m1/s1. The largest absolute Gasteiger partial charge is 0.383 e. The zero-order valence-corrected chi connectivity index (χ0v) is 17.6. The highest BCUT2D eigenvalue weighted by atomic mass is 19.1. The van der Waals surface area contributed by atoms with Crippen LogP contribution >= 0.6 is 0 Å². The maximum Gasteiger partial charge on any atom is 0.325 e. The lowest BCUT2D eigenvalue weighted by Crippen LogP contribution is -2.43. The van der Waals surface area contributed by atoms with Crippen molar-refractivity contribution in [3.63, 3.8) is 0 Å². The molecule has 1 aliphatic heterocycles. The molecule has 8 heteroatoms. The van der Waals surface area contributed by atoms with Crippen molar-refractivity contribution in [1.29, 1.82) is 0 Å². The van der Waals surface area contributed by atoms with Gasteiger partial charge in [-0.05, 0) is 44.0 Å². The molecule has 3 rings (SSSR count). The number of halogens is 1. The number of nitrogens with zero attached hydrogens (tertiary/aromatic N) is 2. The van der Waals surface area contributed by atoms with E-state index in [1.54, 1.807) is 20.1 Å².